The van der Waals surface area contributed by atoms with Crippen molar-refractivity contribution in [2.75, 3.05) is 18.6 Å². The highest BCUT2D eigenvalue weighted by molar-refractivity contribution is 7.91. The zero-order valence-electron chi connectivity index (χ0n) is 11.3. The van der Waals surface area contributed by atoms with E-state index in [0.717, 1.165) is 12.8 Å². The van der Waals surface area contributed by atoms with Gasteiger partial charge in [0.25, 0.3) is 0 Å². The van der Waals surface area contributed by atoms with Crippen LogP contribution in [0.2, 0.25) is 0 Å². The van der Waals surface area contributed by atoms with Gasteiger partial charge in [-0.3, -0.25) is 4.79 Å². The van der Waals surface area contributed by atoms with E-state index < -0.39 is 9.84 Å². The molecule has 0 unspecified atom stereocenters. The minimum atomic E-state index is -3.57. The van der Waals surface area contributed by atoms with Crippen LogP contribution < -0.4 is 15.8 Å². The van der Waals surface area contributed by atoms with E-state index in [9.17, 15) is 13.2 Å². The number of nitrogens with one attached hydrogen (secondary N) is 1. The predicted molar refractivity (Wildman–Crippen MR) is 75.2 cm³/mol. The molecule has 0 bridgehead atoms. The second-order valence-electron chi connectivity index (χ2n) is 4.82. The molecule has 110 valence electrons. The summed E-state index contributed by atoms with van der Waals surface area (Å²) in [4.78, 5) is 11.6. The highest BCUT2D eigenvalue weighted by atomic mass is 32.2. The van der Waals surface area contributed by atoms with Gasteiger partial charge in [0.1, 0.15) is 10.6 Å². The Labute approximate surface area is 118 Å². The normalized spacial score (nSPS) is 14.8. The van der Waals surface area contributed by atoms with E-state index >= 15 is 0 Å². The monoisotopic (exact) mass is 298 g/mol. The van der Waals surface area contributed by atoms with Gasteiger partial charge in [0.15, 0.2) is 9.84 Å². The highest BCUT2D eigenvalue weighted by Gasteiger charge is 2.25. The second-order valence-corrected chi connectivity index (χ2v) is 6.90. The number of nitrogen functional groups attached to an aromatic ring is 1. The summed E-state index contributed by atoms with van der Waals surface area (Å²) in [6.07, 6.45) is 1.90. The lowest BCUT2D eigenvalue weighted by Gasteiger charge is -2.10. The number of anilines is 1. The number of carbonyl (C=O) groups excluding carboxylic acids is 1. The fourth-order valence-corrected chi connectivity index (χ4v) is 3.20. The summed E-state index contributed by atoms with van der Waals surface area (Å²) in [5.41, 5.74) is 6.01. The number of amides is 1. The Balaban J connectivity index is 2.07. The molecule has 1 aliphatic carbocycles. The van der Waals surface area contributed by atoms with Crippen molar-refractivity contribution in [2.45, 2.75) is 30.2 Å². The van der Waals surface area contributed by atoms with Crippen molar-refractivity contribution in [3.05, 3.63) is 18.2 Å². The molecule has 6 nitrogen and oxygen atoms in total. The summed E-state index contributed by atoms with van der Waals surface area (Å²) in [5.74, 6) is -0.274. The van der Waals surface area contributed by atoms with Crippen LogP contribution in [-0.2, 0) is 14.6 Å². The van der Waals surface area contributed by atoms with E-state index in [1.165, 1.54) is 25.3 Å². The molecule has 0 saturated heterocycles. The van der Waals surface area contributed by atoms with E-state index in [2.05, 4.69) is 5.32 Å². The Morgan fingerprint density at radius 1 is 1.45 bits per heavy atom. The summed E-state index contributed by atoms with van der Waals surface area (Å²) < 4.78 is 29.5. The van der Waals surface area contributed by atoms with Crippen LogP contribution in [0.5, 0.6) is 5.75 Å². The first-order valence-electron chi connectivity index (χ1n) is 6.38. The number of hydrogen-bond donors (Lipinski definition) is 2. The molecule has 0 radical (unpaired) electrons. The van der Waals surface area contributed by atoms with Gasteiger partial charge >= 0.3 is 0 Å². The quantitative estimate of drug-likeness (QED) is 0.754. The molecule has 1 aliphatic rings. The summed E-state index contributed by atoms with van der Waals surface area (Å²) >= 11 is 0. The van der Waals surface area contributed by atoms with Gasteiger partial charge in [-0.25, -0.2) is 8.42 Å². The summed E-state index contributed by atoms with van der Waals surface area (Å²) in [7, 11) is -2.19. The van der Waals surface area contributed by atoms with Crippen LogP contribution in [0.25, 0.3) is 0 Å². The van der Waals surface area contributed by atoms with Crippen molar-refractivity contribution in [1.82, 2.24) is 5.32 Å². The number of hydrogen-bond acceptors (Lipinski definition) is 5. The molecule has 0 heterocycles. The highest BCUT2D eigenvalue weighted by Crippen LogP contribution is 2.27. The van der Waals surface area contributed by atoms with Crippen molar-refractivity contribution in [1.29, 1.82) is 0 Å². The number of sulfone groups is 1. The third kappa shape index (κ3) is 3.63. The molecular weight excluding hydrogens is 280 g/mol. The van der Waals surface area contributed by atoms with E-state index in [-0.39, 0.29) is 34.8 Å². The largest absolute Gasteiger partial charge is 0.495 e. The average Bonchev–Trinajstić information content (AvgIpc) is 3.20. The molecule has 3 N–H and O–H groups in total. The first-order chi connectivity index (χ1) is 9.42. The minimum Gasteiger partial charge on any atom is -0.495 e. The van der Waals surface area contributed by atoms with E-state index in [1.54, 1.807) is 0 Å². The molecule has 0 aromatic heterocycles. The number of rotatable bonds is 6. The fraction of sp³-hybridized carbons (Fsp3) is 0.462. The maximum atomic E-state index is 12.2. The van der Waals surface area contributed by atoms with Gasteiger partial charge in [0, 0.05) is 24.2 Å². The Morgan fingerprint density at radius 3 is 2.75 bits per heavy atom. The lowest BCUT2D eigenvalue weighted by Crippen LogP contribution is -2.27. The lowest BCUT2D eigenvalue weighted by molar-refractivity contribution is -0.120. The van der Waals surface area contributed by atoms with Crippen LogP contribution in [0, 0.1) is 0 Å². The van der Waals surface area contributed by atoms with E-state index in [4.69, 9.17) is 10.5 Å². The molecule has 1 aromatic rings. The molecule has 0 atom stereocenters. The SMILES string of the molecule is COc1cc(N)ccc1S(=O)(=O)CCC(=O)NC1CC1. The molecule has 1 fully saturated rings. The van der Waals surface area contributed by atoms with Crippen LogP contribution in [-0.4, -0.2) is 33.2 Å². The van der Waals surface area contributed by atoms with Crippen molar-refractivity contribution in [2.24, 2.45) is 0 Å². The number of benzene rings is 1. The first kappa shape index (κ1) is 14.6. The second kappa shape index (κ2) is 5.70. The van der Waals surface area contributed by atoms with Crippen LogP contribution >= 0.6 is 0 Å². The number of nitrogens with two attached hydrogens (primary N) is 1. The summed E-state index contributed by atoms with van der Waals surface area (Å²) in [6, 6.07) is 4.59. The predicted octanol–water partition coefficient (Wildman–Crippen LogP) is 0.720. The van der Waals surface area contributed by atoms with Gasteiger partial charge in [-0.2, -0.15) is 0 Å². The van der Waals surface area contributed by atoms with Crippen molar-refractivity contribution in [3.8, 4) is 5.75 Å². The van der Waals surface area contributed by atoms with E-state index in [0.29, 0.717) is 5.69 Å². The van der Waals surface area contributed by atoms with Gasteiger partial charge < -0.3 is 15.8 Å². The fourth-order valence-electron chi connectivity index (χ4n) is 1.81. The topological polar surface area (TPSA) is 98.5 Å². The third-order valence-corrected chi connectivity index (χ3v) is 4.81. The molecule has 0 aliphatic heterocycles. The third-order valence-electron chi connectivity index (χ3n) is 3.06. The number of ether oxygens (including phenoxy) is 1. The Hall–Kier alpha value is -1.76. The van der Waals surface area contributed by atoms with Crippen molar-refractivity contribution in [3.63, 3.8) is 0 Å². The smallest absolute Gasteiger partial charge is 0.221 e. The van der Waals surface area contributed by atoms with Crippen LogP contribution in [0.1, 0.15) is 19.3 Å². The van der Waals surface area contributed by atoms with E-state index in [1.807, 2.05) is 0 Å². The number of carbonyl (C=O) groups is 1. The molecular formula is C13H18N2O4S. The van der Waals surface area contributed by atoms with Gasteiger partial charge in [0.2, 0.25) is 5.91 Å². The summed E-state index contributed by atoms with van der Waals surface area (Å²) in [5, 5.41) is 2.76. The standard InChI is InChI=1S/C13H18N2O4S/c1-19-11-8-9(14)2-5-12(11)20(17,18)7-6-13(16)15-10-3-4-10/h2,5,8,10H,3-4,6-7,14H2,1H3,(H,15,16). The Kier molecular flexibility index (Phi) is 4.17. The molecule has 2 rings (SSSR count). The van der Waals surface area contributed by atoms with Gasteiger partial charge in [-0.05, 0) is 25.0 Å². The lowest BCUT2D eigenvalue weighted by atomic mass is 10.3. The Bertz CT molecular complexity index is 609. The zero-order chi connectivity index (χ0) is 14.8. The maximum absolute atomic E-state index is 12.2. The van der Waals surface area contributed by atoms with Crippen LogP contribution in [0.15, 0.2) is 23.1 Å². The maximum Gasteiger partial charge on any atom is 0.221 e. The molecule has 20 heavy (non-hydrogen) atoms. The zero-order valence-corrected chi connectivity index (χ0v) is 12.1. The minimum absolute atomic E-state index is 0.0492. The first-order valence-corrected chi connectivity index (χ1v) is 8.03. The Morgan fingerprint density at radius 2 is 2.15 bits per heavy atom. The number of methoxy groups -OCH3 is 1. The van der Waals surface area contributed by atoms with Gasteiger partial charge in [-0.15, -0.1) is 0 Å². The molecule has 1 amide bonds. The van der Waals surface area contributed by atoms with Gasteiger partial charge in [-0.1, -0.05) is 0 Å². The van der Waals surface area contributed by atoms with Crippen LogP contribution in [0.4, 0.5) is 5.69 Å². The average molecular weight is 298 g/mol. The molecule has 1 saturated carbocycles. The van der Waals surface area contributed by atoms with Crippen molar-refractivity contribution >= 4 is 21.4 Å². The molecule has 0 spiro atoms. The molecule has 1 aromatic carbocycles. The molecule has 7 heteroatoms. The van der Waals surface area contributed by atoms with Crippen molar-refractivity contribution < 1.29 is 17.9 Å². The summed E-state index contributed by atoms with van der Waals surface area (Å²) in [6.45, 7) is 0. The van der Waals surface area contributed by atoms with Gasteiger partial charge in [0.05, 0.1) is 12.9 Å². The van der Waals surface area contributed by atoms with Crippen LogP contribution in [0.3, 0.4) is 0 Å².